The molecule has 2 N–H and O–H groups in total. The third-order valence-corrected chi connectivity index (χ3v) is 13.2. The van der Waals surface area contributed by atoms with Gasteiger partial charge in [0, 0.05) is 4.91 Å². The molecule has 1 unspecified atom stereocenters. The number of allylic oxidation sites excluding steroid dienone is 2. The first-order valence-electron chi connectivity index (χ1n) is 19.3. The summed E-state index contributed by atoms with van der Waals surface area (Å²) < 4.78 is 4.26. The van der Waals surface area contributed by atoms with Crippen LogP contribution < -0.4 is 5.32 Å². The van der Waals surface area contributed by atoms with Gasteiger partial charge in [-0.1, -0.05) is 206 Å². The van der Waals surface area contributed by atoms with Crippen molar-refractivity contribution in [3.05, 3.63) is 237 Å². The molecule has 6 aromatic rings. The average molecular weight is 804 g/mol. The van der Waals surface area contributed by atoms with E-state index >= 15 is 4.79 Å². The predicted molar refractivity (Wildman–Crippen MR) is 240 cm³/mol. The molecule has 6 rings (SSSR count). The van der Waals surface area contributed by atoms with Gasteiger partial charge in [-0.05, 0) is 68.0 Å². The molecule has 0 aliphatic carbocycles. The molecule has 7 heteroatoms. The van der Waals surface area contributed by atoms with Gasteiger partial charge in [-0.15, -0.1) is 11.8 Å². The van der Waals surface area contributed by atoms with Crippen LogP contribution in [0, 0.1) is 0 Å². The summed E-state index contributed by atoms with van der Waals surface area (Å²) in [5, 5.41) is 15.6. The normalized spacial score (nSPS) is 13.6. The van der Waals surface area contributed by atoms with Crippen molar-refractivity contribution in [3.63, 3.8) is 0 Å². The Morgan fingerprint density at radius 3 is 1.03 bits per heavy atom. The molecule has 1 atom stereocenters. The monoisotopic (exact) mass is 803 g/mol. The van der Waals surface area contributed by atoms with Crippen LogP contribution in [0.5, 0.6) is 0 Å². The lowest BCUT2D eigenvalue weighted by Crippen LogP contribution is -2.60. The molecule has 0 spiro atoms. The fraction of sp³-hybridized carbons (Fsp3) is 0.176. The van der Waals surface area contributed by atoms with Gasteiger partial charge in [0.25, 0.3) is 5.54 Å². The van der Waals surface area contributed by atoms with Crippen molar-refractivity contribution in [3.8, 4) is 0 Å². The molecule has 294 valence electrons. The molecule has 0 amide bonds. The van der Waals surface area contributed by atoms with E-state index in [-0.39, 0.29) is 4.91 Å². The molecule has 0 aromatic heterocycles. The van der Waals surface area contributed by atoms with Crippen LogP contribution in [-0.4, -0.2) is 28.2 Å². The first-order chi connectivity index (χ1) is 28.0. The van der Waals surface area contributed by atoms with Crippen LogP contribution >= 0.6 is 23.5 Å². The van der Waals surface area contributed by atoms with Gasteiger partial charge >= 0.3 is 11.9 Å². The van der Waals surface area contributed by atoms with Crippen molar-refractivity contribution >= 4 is 35.5 Å². The molecule has 0 aliphatic rings. The van der Waals surface area contributed by atoms with Crippen LogP contribution in [0.15, 0.2) is 204 Å². The summed E-state index contributed by atoms with van der Waals surface area (Å²) in [5.41, 5.74) is 2.27. The maximum absolute atomic E-state index is 15.1. The SMILES string of the molecule is C/C=C(\NC(C(=O)O)(C(=O)OC(C)(C)C)/C(=C\C)SC(c1ccccc1)(c1ccccc1)c1ccccc1)SC(c1ccccc1)(c1ccccc1)c1ccccc1. The van der Waals surface area contributed by atoms with E-state index in [1.165, 1.54) is 23.5 Å². The molecular weight excluding hydrogens is 755 g/mol. The third-order valence-electron chi connectivity index (χ3n) is 9.84. The van der Waals surface area contributed by atoms with Crippen LogP contribution in [-0.2, 0) is 23.8 Å². The van der Waals surface area contributed by atoms with Gasteiger partial charge in [0.1, 0.15) is 5.60 Å². The van der Waals surface area contributed by atoms with Crippen molar-refractivity contribution in [2.75, 3.05) is 0 Å². The van der Waals surface area contributed by atoms with Crippen LogP contribution in [0.3, 0.4) is 0 Å². The Kier molecular flexibility index (Phi) is 13.2. The van der Waals surface area contributed by atoms with Crippen molar-refractivity contribution in [2.24, 2.45) is 0 Å². The number of aliphatic carboxylic acids is 1. The highest BCUT2D eigenvalue weighted by molar-refractivity contribution is 8.04. The number of hydrogen-bond acceptors (Lipinski definition) is 6. The summed E-state index contributed by atoms with van der Waals surface area (Å²) in [6.45, 7) is 8.88. The predicted octanol–water partition coefficient (Wildman–Crippen LogP) is 12.0. The van der Waals surface area contributed by atoms with Crippen LogP contribution in [0.4, 0.5) is 0 Å². The number of ether oxygens (including phenoxy) is 1. The Morgan fingerprint density at radius 2 is 0.793 bits per heavy atom. The molecule has 0 bridgehead atoms. The van der Waals surface area contributed by atoms with Crippen molar-refractivity contribution in [1.82, 2.24) is 5.32 Å². The van der Waals surface area contributed by atoms with Crippen LogP contribution in [0.25, 0.3) is 0 Å². The smallest absolute Gasteiger partial charge is 0.349 e. The molecule has 0 radical (unpaired) electrons. The van der Waals surface area contributed by atoms with Gasteiger partial charge in [-0.3, -0.25) is 0 Å². The van der Waals surface area contributed by atoms with Gasteiger partial charge in [0.2, 0.25) is 0 Å². The average Bonchev–Trinajstić information content (AvgIpc) is 3.26. The fourth-order valence-corrected chi connectivity index (χ4v) is 10.2. The van der Waals surface area contributed by atoms with E-state index in [4.69, 9.17) is 4.74 Å². The Balaban J connectivity index is 1.60. The second-order valence-corrected chi connectivity index (χ2v) is 17.3. The summed E-state index contributed by atoms with van der Waals surface area (Å²) in [4.78, 5) is 29.8. The molecule has 58 heavy (non-hydrogen) atoms. The van der Waals surface area contributed by atoms with E-state index in [1.54, 1.807) is 33.8 Å². The number of thioether (sulfide) groups is 2. The number of carboxylic acids is 1. The lowest BCUT2D eigenvalue weighted by atomic mass is 9.84. The maximum atomic E-state index is 15.1. The Morgan fingerprint density at radius 1 is 0.500 bits per heavy atom. The van der Waals surface area contributed by atoms with Crippen molar-refractivity contribution in [2.45, 2.75) is 55.3 Å². The second kappa shape index (κ2) is 18.2. The first kappa shape index (κ1) is 41.9. The summed E-state index contributed by atoms with van der Waals surface area (Å²) in [6.07, 6.45) is 3.57. The summed E-state index contributed by atoms with van der Waals surface area (Å²) in [7, 11) is 0. The third kappa shape index (κ3) is 8.43. The van der Waals surface area contributed by atoms with E-state index in [1.807, 2.05) is 159 Å². The number of esters is 1. The number of rotatable bonds is 15. The molecule has 0 saturated carbocycles. The van der Waals surface area contributed by atoms with E-state index in [0.29, 0.717) is 5.03 Å². The van der Waals surface area contributed by atoms with Crippen molar-refractivity contribution in [1.29, 1.82) is 0 Å². The number of carbonyl (C=O) groups excluding carboxylic acids is 1. The van der Waals surface area contributed by atoms with Gasteiger partial charge in [-0.25, -0.2) is 9.59 Å². The zero-order valence-electron chi connectivity index (χ0n) is 33.5. The Hall–Kier alpha value is -5.76. The largest absolute Gasteiger partial charge is 0.479 e. The minimum Gasteiger partial charge on any atom is -0.479 e. The van der Waals surface area contributed by atoms with Crippen LogP contribution in [0.2, 0.25) is 0 Å². The number of carboxylic acid groups (broad SMARTS) is 1. The zero-order chi connectivity index (χ0) is 41.2. The molecule has 0 heterocycles. The fourth-order valence-electron chi connectivity index (χ4n) is 7.23. The molecule has 0 fully saturated rings. The van der Waals surface area contributed by atoms with E-state index in [9.17, 15) is 9.90 Å². The van der Waals surface area contributed by atoms with Crippen molar-refractivity contribution < 1.29 is 19.4 Å². The molecular formula is C51H49NO4S2. The van der Waals surface area contributed by atoms with Gasteiger partial charge in [0.15, 0.2) is 0 Å². The minimum atomic E-state index is -2.40. The lowest BCUT2D eigenvalue weighted by molar-refractivity contribution is -0.167. The molecule has 0 aliphatic heterocycles. The quantitative estimate of drug-likeness (QED) is 0.0608. The minimum absolute atomic E-state index is 0.260. The first-order valence-corrected chi connectivity index (χ1v) is 20.9. The highest BCUT2D eigenvalue weighted by Gasteiger charge is 2.56. The highest BCUT2D eigenvalue weighted by Crippen LogP contribution is 2.55. The van der Waals surface area contributed by atoms with Crippen LogP contribution in [0.1, 0.15) is 68.0 Å². The second-order valence-electron chi connectivity index (χ2n) is 14.8. The Bertz CT molecular complexity index is 2130. The number of carbonyl (C=O) groups is 2. The maximum Gasteiger partial charge on any atom is 0.349 e. The summed E-state index contributed by atoms with van der Waals surface area (Å²) >= 11 is 2.78. The van der Waals surface area contributed by atoms with Gasteiger partial charge < -0.3 is 15.2 Å². The topological polar surface area (TPSA) is 75.6 Å². The molecule has 5 nitrogen and oxygen atoms in total. The Labute approximate surface area is 351 Å². The number of benzene rings is 6. The van der Waals surface area contributed by atoms with E-state index in [0.717, 1.165) is 33.4 Å². The zero-order valence-corrected chi connectivity index (χ0v) is 35.1. The van der Waals surface area contributed by atoms with Gasteiger partial charge in [0.05, 0.1) is 14.5 Å². The van der Waals surface area contributed by atoms with E-state index in [2.05, 4.69) is 41.7 Å². The van der Waals surface area contributed by atoms with Gasteiger partial charge in [-0.2, -0.15) is 0 Å². The summed E-state index contributed by atoms with van der Waals surface area (Å²) in [6, 6.07) is 60.5. The summed E-state index contributed by atoms with van der Waals surface area (Å²) in [5.74, 6) is -2.32. The highest BCUT2D eigenvalue weighted by atomic mass is 32.2. The number of nitrogens with one attached hydrogen (secondary N) is 1. The number of hydrogen-bond donors (Lipinski definition) is 2. The lowest BCUT2D eigenvalue weighted by Gasteiger charge is -2.42. The molecule has 0 saturated heterocycles. The van der Waals surface area contributed by atoms with E-state index < -0.39 is 32.6 Å². The standard InChI is InChI=1S/C51H49NO4S2/c1-6-44(57-50(38-26-14-8-15-27-38,39-28-16-9-17-29-39)40-30-18-10-19-31-40)49(46(53)54,47(55)56-48(3,4)5)52-45(7-2)58-51(41-32-20-11-21-33-41,42-34-22-12-23-35-42)43-36-24-13-25-37-43/h6-37,52H,1-5H3,(H,53,54)/b44-6+,45-7+. The molecule has 6 aromatic carbocycles.